The van der Waals surface area contributed by atoms with Crippen LogP contribution in [-0.2, 0) is 27.3 Å². The van der Waals surface area contributed by atoms with E-state index in [1.54, 1.807) is 23.1 Å². The fourth-order valence-corrected chi connectivity index (χ4v) is 2.85. The zero-order chi connectivity index (χ0) is 19.9. The van der Waals surface area contributed by atoms with Gasteiger partial charge in [0.1, 0.15) is 5.82 Å². The first kappa shape index (κ1) is 19.3. The van der Waals surface area contributed by atoms with E-state index in [0.717, 1.165) is 16.8 Å². The molecule has 3 aromatic rings. The maximum atomic E-state index is 12.8. The van der Waals surface area contributed by atoms with Crippen LogP contribution in [0.25, 0.3) is 11.3 Å². The molecule has 7 heteroatoms. The lowest BCUT2D eigenvalue weighted by Crippen LogP contribution is -2.34. The molecule has 0 unspecified atom stereocenters. The van der Waals surface area contributed by atoms with Crippen LogP contribution >= 0.6 is 0 Å². The second-order valence-electron chi connectivity index (χ2n) is 6.24. The molecule has 2 aromatic heterocycles. The minimum absolute atomic E-state index is 0.295. The Balaban J connectivity index is 1.80. The molecular formula is C21H22N4O3. The molecule has 0 radical (unpaired) electrons. The number of hydrogen-bond donors (Lipinski definition) is 1. The molecular weight excluding hydrogens is 356 g/mol. The minimum Gasteiger partial charge on any atom is -0.452 e. The highest BCUT2D eigenvalue weighted by Gasteiger charge is 2.24. The van der Waals surface area contributed by atoms with Gasteiger partial charge in [-0.25, -0.2) is 4.68 Å². The Morgan fingerprint density at radius 2 is 1.86 bits per heavy atom. The van der Waals surface area contributed by atoms with Gasteiger partial charge in [-0.2, -0.15) is 5.10 Å². The predicted molar refractivity (Wildman–Crippen MR) is 105 cm³/mol. The van der Waals surface area contributed by atoms with Crippen LogP contribution in [0.4, 0.5) is 5.82 Å². The molecule has 0 bridgehead atoms. The topological polar surface area (TPSA) is 86.1 Å². The van der Waals surface area contributed by atoms with Crippen molar-refractivity contribution in [3.05, 3.63) is 66.5 Å². The quantitative estimate of drug-likeness (QED) is 0.639. The van der Waals surface area contributed by atoms with Crippen molar-refractivity contribution in [3.8, 4) is 11.3 Å². The van der Waals surface area contributed by atoms with Crippen LogP contribution < -0.4 is 5.32 Å². The molecule has 2 heterocycles. The summed E-state index contributed by atoms with van der Waals surface area (Å²) >= 11 is 0. The summed E-state index contributed by atoms with van der Waals surface area (Å²) in [5.41, 5.74) is 2.54. The van der Waals surface area contributed by atoms with E-state index in [2.05, 4.69) is 15.4 Å². The number of hydrogen-bond acceptors (Lipinski definition) is 5. The normalized spacial score (nSPS) is 11.6. The zero-order valence-corrected chi connectivity index (χ0v) is 15.8. The van der Waals surface area contributed by atoms with E-state index in [1.165, 1.54) is 6.92 Å². The Bertz CT molecular complexity index is 939. The number of aromatic nitrogens is 3. The molecule has 28 heavy (non-hydrogen) atoms. The van der Waals surface area contributed by atoms with E-state index in [-0.39, 0.29) is 0 Å². The number of aryl methyl sites for hydroxylation is 1. The number of pyridine rings is 1. The second-order valence-corrected chi connectivity index (χ2v) is 6.24. The molecule has 7 nitrogen and oxygen atoms in total. The van der Waals surface area contributed by atoms with Crippen LogP contribution in [-0.4, -0.2) is 32.7 Å². The summed E-state index contributed by atoms with van der Waals surface area (Å²) in [5, 5.41) is 7.37. The molecule has 0 saturated heterocycles. The average Bonchev–Trinajstić information content (AvgIpc) is 3.11. The lowest BCUT2D eigenvalue weighted by molar-refractivity contribution is -0.151. The minimum atomic E-state index is -0.926. The fourth-order valence-electron chi connectivity index (χ4n) is 2.85. The zero-order valence-electron chi connectivity index (χ0n) is 15.8. The largest absolute Gasteiger partial charge is 0.452 e. The lowest BCUT2D eigenvalue weighted by Gasteiger charge is -2.17. The SMILES string of the molecule is CCn1nc(-c2ccncc2)cc1NC(=O)[C@@H](Cc1ccccc1)OC(C)=O. The lowest BCUT2D eigenvalue weighted by atomic mass is 10.1. The van der Waals surface area contributed by atoms with Crippen molar-refractivity contribution < 1.29 is 14.3 Å². The molecule has 1 atom stereocenters. The van der Waals surface area contributed by atoms with Gasteiger partial charge in [0.05, 0.1) is 5.69 Å². The summed E-state index contributed by atoms with van der Waals surface area (Å²) in [7, 11) is 0. The van der Waals surface area contributed by atoms with Crippen LogP contribution in [0.5, 0.6) is 0 Å². The maximum Gasteiger partial charge on any atom is 0.303 e. The number of amides is 1. The van der Waals surface area contributed by atoms with Crippen molar-refractivity contribution >= 4 is 17.7 Å². The Kier molecular flexibility index (Phi) is 6.16. The molecule has 0 fully saturated rings. The van der Waals surface area contributed by atoms with Gasteiger partial charge < -0.3 is 10.1 Å². The Labute approximate surface area is 163 Å². The van der Waals surface area contributed by atoms with Gasteiger partial charge in [0.15, 0.2) is 6.10 Å². The highest BCUT2D eigenvalue weighted by molar-refractivity contribution is 5.95. The molecule has 0 aliphatic rings. The number of benzene rings is 1. The van der Waals surface area contributed by atoms with Crippen molar-refractivity contribution in [2.24, 2.45) is 0 Å². The van der Waals surface area contributed by atoms with E-state index < -0.39 is 18.0 Å². The first-order valence-electron chi connectivity index (χ1n) is 9.07. The van der Waals surface area contributed by atoms with Gasteiger partial charge in [0.25, 0.3) is 5.91 Å². The van der Waals surface area contributed by atoms with Gasteiger partial charge in [-0.15, -0.1) is 0 Å². The number of nitrogens with zero attached hydrogens (tertiary/aromatic N) is 3. The summed E-state index contributed by atoms with van der Waals surface area (Å²) < 4.78 is 6.96. The van der Waals surface area contributed by atoms with Crippen molar-refractivity contribution in [1.29, 1.82) is 0 Å². The summed E-state index contributed by atoms with van der Waals surface area (Å²) in [5.74, 6) is -0.350. The summed E-state index contributed by atoms with van der Waals surface area (Å²) in [6.07, 6.45) is 2.75. The number of carbonyl (C=O) groups is 2. The van der Waals surface area contributed by atoms with Crippen molar-refractivity contribution in [2.45, 2.75) is 32.9 Å². The summed E-state index contributed by atoms with van der Waals surface area (Å²) in [4.78, 5) is 28.3. The second kappa shape index (κ2) is 8.94. The number of anilines is 1. The van der Waals surface area contributed by atoms with Crippen molar-refractivity contribution in [3.63, 3.8) is 0 Å². The first-order valence-corrected chi connectivity index (χ1v) is 9.07. The monoisotopic (exact) mass is 378 g/mol. The van der Waals surface area contributed by atoms with Gasteiger partial charge in [-0.3, -0.25) is 14.6 Å². The Morgan fingerprint density at radius 3 is 2.50 bits per heavy atom. The Hall–Kier alpha value is -3.48. The fraction of sp³-hybridized carbons (Fsp3) is 0.238. The number of esters is 1. The molecule has 0 aliphatic carbocycles. The Morgan fingerprint density at radius 1 is 1.14 bits per heavy atom. The van der Waals surface area contributed by atoms with Crippen molar-refractivity contribution in [2.75, 3.05) is 5.32 Å². The third-order valence-electron chi connectivity index (χ3n) is 4.17. The van der Waals surface area contributed by atoms with E-state index in [9.17, 15) is 9.59 Å². The highest BCUT2D eigenvalue weighted by Crippen LogP contribution is 2.22. The molecule has 1 aromatic carbocycles. The maximum absolute atomic E-state index is 12.8. The molecule has 0 aliphatic heterocycles. The van der Waals surface area contributed by atoms with E-state index in [0.29, 0.717) is 18.8 Å². The average molecular weight is 378 g/mol. The molecule has 1 N–H and O–H groups in total. The third-order valence-corrected chi connectivity index (χ3v) is 4.17. The number of ether oxygens (including phenoxy) is 1. The smallest absolute Gasteiger partial charge is 0.303 e. The van der Waals surface area contributed by atoms with Crippen molar-refractivity contribution in [1.82, 2.24) is 14.8 Å². The molecule has 0 saturated carbocycles. The molecule has 3 rings (SSSR count). The van der Waals surface area contributed by atoms with E-state index >= 15 is 0 Å². The van der Waals surface area contributed by atoms with Gasteiger partial charge >= 0.3 is 5.97 Å². The highest BCUT2D eigenvalue weighted by atomic mass is 16.5. The summed E-state index contributed by atoms with van der Waals surface area (Å²) in [6.45, 7) is 3.81. The molecule has 1 amide bonds. The van der Waals surface area contributed by atoms with Crippen LogP contribution in [0.2, 0.25) is 0 Å². The van der Waals surface area contributed by atoms with Gasteiger partial charge in [-0.1, -0.05) is 30.3 Å². The van der Waals surface area contributed by atoms with Crippen LogP contribution in [0.3, 0.4) is 0 Å². The third kappa shape index (κ3) is 4.82. The number of rotatable bonds is 7. The van der Waals surface area contributed by atoms with E-state index in [1.807, 2.05) is 49.4 Å². The van der Waals surface area contributed by atoms with Gasteiger partial charge in [0.2, 0.25) is 0 Å². The summed E-state index contributed by atoms with van der Waals surface area (Å²) in [6, 6.07) is 14.9. The number of carbonyl (C=O) groups excluding carboxylic acids is 2. The molecule has 0 spiro atoms. The number of nitrogens with one attached hydrogen (secondary N) is 1. The van der Waals surface area contributed by atoms with Gasteiger partial charge in [-0.05, 0) is 24.6 Å². The van der Waals surface area contributed by atoms with E-state index in [4.69, 9.17) is 4.74 Å². The van der Waals surface area contributed by atoms with Crippen LogP contribution in [0.1, 0.15) is 19.4 Å². The predicted octanol–water partition coefficient (Wildman–Crippen LogP) is 3.08. The van der Waals surface area contributed by atoms with Crippen LogP contribution in [0, 0.1) is 0 Å². The molecule has 144 valence electrons. The first-order chi connectivity index (χ1) is 13.6. The standard InChI is InChI=1S/C21H22N4O3/c1-3-25-20(14-18(24-25)17-9-11-22-12-10-17)23-21(27)19(28-15(2)26)13-16-7-5-4-6-8-16/h4-12,14,19H,3,13H2,1-2H3,(H,23,27)/t19-/m1/s1. The van der Waals surface area contributed by atoms with Crippen LogP contribution in [0.15, 0.2) is 60.9 Å². The van der Waals surface area contributed by atoms with Gasteiger partial charge in [0, 0.05) is 43.9 Å².